The van der Waals surface area contributed by atoms with E-state index in [0.717, 1.165) is 16.9 Å². The Morgan fingerprint density at radius 2 is 2.00 bits per heavy atom. The first kappa shape index (κ1) is 12.7. The third-order valence-electron chi connectivity index (χ3n) is 2.25. The predicted molar refractivity (Wildman–Crippen MR) is 63.2 cm³/mol. The maximum atomic E-state index is 11.6. The van der Waals surface area contributed by atoms with Crippen molar-refractivity contribution in [1.29, 1.82) is 0 Å². The summed E-state index contributed by atoms with van der Waals surface area (Å²) < 4.78 is 10.4. The molecule has 0 atom stereocenters. The number of ether oxygens (including phenoxy) is 2. The number of hydrogen-bond acceptors (Lipinski definition) is 3. The molecule has 88 valence electrons. The number of benzene rings is 1. The average Bonchev–Trinajstić information content (AvgIpc) is 2.27. The monoisotopic (exact) mass is 222 g/mol. The molecule has 0 aliphatic heterocycles. The highest BCUT2D eigenvalue weighted by Gasteiger charge is 2.06. The van der Waals surface area contributed by atoms with E-state index in [1.165, 1.54) is 0 Å². The van der Waals surface area contributed by atoms with Crippen LogP contribution in [0.3, 0.4) is 0 Å². The molecule has 0 saturated carbocycles. The first-order valence-electron chi connectivity index (χ1n) is 5.44. The van der Waals surface area contributed by atoms with E-state index in [4.69, 9.17) is 9.47 Å². The highest BCUT2D eigenvalue weighted by molar-refractivity contribution is 5.96. The molecule has 0 spiro atoms. The lowest BCUT2D eigenvalue weighted by Crippen LogP contribution is -2.05. The predicted octanol–water partition coefficient (Wildman–Crippen LogP) is 2.61. The molecule has 0 bridgehead atoms. The summed E-state index contributed by atoms with van der Waals surface area (Å²) in [6.45, 7) is 4.86. The van der Waals surface area contributed by atoms with Gasteiger partial charge in [-0.25, -0.2) is 0 Å². The van der Waals surface area contributed by atoms with Gasteiger partial charge in [0.15, 0.2) is 5.78 Å². The lowest BCUT2D eigenvalue weighted by Gasteiger charge is -2.08. The van der Waals surface area contributed by atoms with Crippen LogP contribution in [0, 0.1) is 6.92 Å². The number of ketones is 1. The van der Waals surface area contributed by atoms with Gasteiger partial charge in [-0.2, -0.15) is 0 Å². The van der Waals surface area contributed by atoms with Gasteiger partial charge in [0, 0.05) is 19.1 Å². The zero-order valence-electron chi connectivity index (χ0n) is 10.1. The maximum Gasteiger partial charge on any atom is 0.162 e. The van der Waals surface area contributed by atoms with Crippen LogP contribution in [0.2, 0.25) is 0 Å². The van der Waals surface area contributed by atoms with Gasteiger partial charge in [0.2, 0.25) is 0 Å². The van der Waals surface area contributed by atoms with E-state index in [1.54, 1.807) is 13.2 Å². The average molecular weight is 222 g/mol. The number of aryl methyl sites for hydroxylation is 1. The number of hydrogen-bond donors (Lipinski definition) is 0. The van der Waals surface area contributed by atoms with Crippen molar-refractivity contribution in [2.24, 2.45) is 0 Å². The molecule has 3 nitrogen and oxygen atoms in total. The van der Waals surface area contributed by atoms with Gasteiger partial charge >= 0.3 is 0 Å². The summed E-state index contributed by atoms with van der Waals surface area (Å²) in [7, 11) is 1.63. The molecule has 0 aliphatic rings. The summed E-state index contributed by atoms with van der Waals surface area (Å²) in [5.74, 6) is 0.870. The number of methoxy groups -OCH3 is 1. The van der Waals surface area contributed by atoms with E-state index in [9.17, 15) is 4.79 Å². The summed E-state index contributed by atoms with van der Waals surface area (Å²) in [5.41, 5.74) is 1.75. The number of carbonyl (C=O) groups is 1. The van der Waals surface area contributed by atoms with Crippen molar-refractivity contribution in [1.82, 2.24) is 0 Å². The van der Waals surface area contributed by atoms with Crippen molar-refractivity contribution in [2.45, 2.75) is 20.3 Å². The Hall–Kier alpha value is -1.35. The highest BCUT2D eigenvalue weighted by Crippen LogP contribution is 2.18. The molecule has 3 heteroatoms. The first-order chi connectivity index (χ1) is 7.67. The molecule has 0 amide bonds. The van der Waals surface area contributed by atoms with Crippen LogP contribution in [0.5, 0.6) is 5.75 Å². The van der Waals surface area contributed by atoms with Gasteiger partial charge in [-0.3, -0.25) is 4.79 Å². The molecule has 0 unspecified atom stereocenters. The SMILES string of the molecule is CCC(=O)c1cc(C)cc(OCCOC)c1. The van der Waals surface area contributed by atoms with Gasteiger partial charge in [0.05, 0.1) is 6.61 Å². The Kier molecular flexibility index (Phi) is 4.99. The van der Waals surface area contributed by atoms with Gasteiger partial charge < -0.3 is 9.47 Å². The van der Waals surface area contributed by atoms with Crippen LogP contribution in [0.25, 0.3) is 0 Å². The van der Waals surface area contributed by atoms with Crippen LogP contribution in [0.15, 0.2) is 18.2 Å². The first-order valence-corrected chi connectivity index (χ1v) is 5.44. The van der Waals surface area contributed by atoms with Gasteiger partial charge in [-0.1, -0.05) is 6.92 Å². The van der Waals surface area contributed by atoms with Crippen molar-refractivity contribution >= 4 is 5.78 Å². The Morgan fingerprint density at radius 1 is 1.25 bits per heavy atom. The molecule has 1 aromatic carbocycles. The molecule has 0 radical (unpaired) electrons. The molecule has 0 fully saturated rings. The molecule has 1 aromatic rings. The second-order valence-corrected chi connectivity index (χ2v) is 3.65. The van der Waals surface area contributed by atoms with Crippen LogP contribution >= 0.6 is 0 Å². The smallest absolute Gasteiger partial charge is 0.162 e. The normalized spacial score (nSPS) is 10.2. The van der Waals surface area contributed by atoms with Crippen molar-refractivity contribution in [3.8, 4) is 5.75 Å². The molecule has 0 heterocycles. The van der Waals surface area contributed by atoms with E-state index >= 15 is 0 Å². The van der Waals surface area contributed by atoms with Crippen molar-refractivity contribution in [3.05, 3.63) is 29.3 Å². The third kappa shape index (κ3) is 3.66. The van der Waals surface area contributed by atoms with Crippen LogP contribution in [-0.2, 0) is 4.74 Å². The Balaban J connectivity index is 2.77. The minimum absolute atomic E-state index is 0.139. The van der Waals surface area contributed by atoms with E-state index in [1.807, 2.05) is 26.0 Å². The molecule has 0 aliphatic carbocycles. The third-order valence-corrected chi connectivity index (χ3v) is 2.25. The molecular formula is C13H18O3. The standard InChI is InChI=1S/C13H18O3/c1-4-13(14)11-7-10(2)8-12(9-11)16-6-5-15-3/h7-9H,4-6H2,1-3H3. The molecule has 0 N–H and O–H groups in total. The maximum absolute atomic E-state index is 11.6. The number of carbonyl (C=O) groups excluding carboxylic acids is 1. The summed E-state index contributed by atoms with van der Waals surface area (Å²) in [4.78, 5) is 11.6. The number of Topliss-reactive ketones (excluding diaryl/α,β-unsaturated/α-hetero) is 1. The van der Waals surface area contributed by atoms with E-state index in [0.29, 0.717) is 19.6 Å². The summed E-state index contributed by atoms with van der Waals surface area (Å²) in [5, 5.41) is 0. The largest absolute Gasteiger partial charge is 0.491 e. The summed E-state index contributed by atoms with van der Waals surface area (Å²) in [6, 6.07) is 5.59. The van der Waals surface area contributed by atoms with E-state index < -0.39 is 0 Å². The quantitative estimate of drug-likeness (QED) is 0.548. The van der Waals surface area contributed by atoms with Gasteiger partial charge in [0.1, 0.15) is 12.4 Å². The zero-order chi connectivity index (χ0) is 12.0. The lowest BCUT2D eigenvalue weighted by atomic mass is 10.1. The minimum Gasteiger partial charge on any atom is -0.491 e. The fourth-order valence-electron chi connectivity index (χ4n) is 1.44. The van der Waals surface area contributed by atoms with E-state index in [-0.39, 0.29) is 5.78 Å². The molecule has 16 heavy (non-hydrogen) atoms. The fraction of sp³-hybridized carbons (Fsp3) is 0.462. The molecule has 0 aromatic heterocycles. The molecule has 1 rings (SSSR count). The van der Waals surface area contributed by atoms with Crippen molar-refractivity contribution < 1.29 is 14.3 Å². The molecule has 0 saturated heterocycles. The number of rotatable bonds is 6. The van der Waals surface area contributed by atoms with Crippen LogP contribution in [-0.4, -0.2) is 26.1 Å². The van der Waals surface area contributed by atoms with Gasteiger partial charge in [0.25, 0.3) is 0 Å². The van der Waals surface area contributed by atoms with E-state index in [2.05, 4.69) is 0 Å². The summed E-state index contributed by atoms with van der Waals surface area (Å²) >= 11 is 0. The second-order valence-electron chi connectivity index (χ2n) is 3.65. The minimum atomic E-state index is 0.139. The lowest BCUT2D eigenvalue weighted by molar-refractivity contribution is 0.0987. The Labute approximate surface area is 96.4 Å². The zero-order valence-corrected chi connectivity index (χ0v) is 10.1. The highest BCUT2D eigenvalue weighted by atomic mass is 16.5. The second kappa shape index (κ2) is 6.28. The Morgan fingerprint density at radius 3 is 2.62 bits per heavy atom. The molecular weight excluding hydrogens is 204 g/mol. The van der Waals surface area contributed by atoms with Crippen LogP contribution in [0.4, 0.5) is 0 Å². The van der Waals surface area contributed by atoms with Crippen molar-refractivity contribution in [2.75, 3.05) is 20.3 Å². The van der Waals surface area contributed by atoms with Crippen molar-refractivity contribution in [3.63, 3.8) is 0 Å². The fourth-order valence-corrected chi connectivity index (χ4v) is 1.44. The van der Waals surface area contributed by atoms with Crippen LogP contribution in [0.1, 0.15) is 29.3 Å². The van der Waals surface area contributed by atoms with Gasteiger partial charge in [-0.15, -0.1) is 0 Å². The van der Waals surface area contributed by atoms with Gasteiger partial charge in [-0.05, 0) is 30.7 Å². The Bertz CT molecular complexity index is 358. The summed E-state index contributed by atoms with van der Waals surface area (Å²) in [6.07, 6.45) is 0.515. The topological polar surface area (TPSA) is 35.5 Å². The van der Waals surface area contributed by atoms with Crippen LogP contribution < -0.4 is 4.74 Å².